The van der Waals surface area contributed by atoms with E-state index in [1.165, 1.54) is 0 Å². The molecule has 1 aromatic carbocycles. The molecule has 1 atom stereocenters. The fourth-order valence-electron chi connectivity index (χ4n) is 1.92. The maximum Gasteiger partial charge on any atom is 0.320 e. The maximum absolute atomic E-state index is 12.2. The molecule has 1 aromatic rings. The minimum absolute atomic E-state index is 0.138. The summed E-state index contributed by atoms with van der Waals surface area (Å²) in [6.07, 6.45) is -0.417. The molecule has 0 fully saturated rings. The molecule has 1 unspecified atom stereocenters. The average Bonchev–Trinajstić information content (AvgIpc) is 2.30. The van der Waals surface area contributed by atoms with E-state index in [0.717, 1.165) is 0 Å². The molecule has 1 N–H and O–H groups in total. The number of carbonyl (C=O) groups excluding carboxylic acids is 1. The Morgan fingerprint density at radius 1 is 1.35 bits per heavy atom. The van der Waals surface area contributed by atoms with Crippen molar-refractivity contribution in [2.45, 2.75) is 46.4 Å². The topological polar surface area (TPSA) is 41.6 Å². The van der Waals surface area contributed by atoms with E-state index >= 15 is 0 Å². The van der Waals surface area contributed by atoms with Gasteiger partial charge in [0, 0.05) is 17.1 Å². The fraction of sp³-hybridized carbons (Fsp3) is 0.533. The van der Waals surface area contributed by atoms with Crippen molar-refractivity contribution in [2.24, 2.45) is 0 Å². The largest absolute Gasteiger partial charge is 0.471 e. The summed E-state index contributed by atoms with van der Waals surface area (Å²) in [5.74, 6) is 0.668. The van der Waals surface area contributed by atoms with E-state index in [9.17, 15) is 4.79 Å². The second-order valence-corrected chi connectivity index (χ2v) is 6.02. The fourth-order valence-corrected chi connectivity index (χ4v) is 2.05. The van der Waals surface area contributed by atoms with Gasteiger partial charge in [-0.05, 0) is 58.9 Å². The quantitative estimate of drug-likeness (QED) is 0.857. The van der Waals surface area contributed by atoms with Crippen molar-refractivity contribution in [3.05, 3.63) is 29.3 Å². The number of halogens is 1. The van der Waals surface area contributed by atoms with Crippen LogP contribution in [0, 0.1) is 0 Å². The predicted octanol–water partition coefficient (Wildman–Crippen LogP) is 3.89. The summed E-state index contributed by atoms with van der Waals surface area (Å²) in [6, 6.07) is 6.90. The van der Waals surface area contributed by atoms with Crippen LogP contribution < -0.4 is 10.1 Å². The number of hydrogen-bond acceptors (Lipinski definition) is 2. The summed E-state index contributed by atoms with van der Waals surface area (Å²) in [4.78, 5) is 13.9. The molecular formula is C15H23ClN2O2. The third-order valence-corrected chi connectivity index (χ3v) is 3.08. The lowest BCUT2D eigenvalue weighted by molar-refractivity contribution is 0.123. The first-order valence-electron chi connectivity index (χ1n) is 6.74. The summed E-state index contributed by atoms with van der Waals surface area (Å²) < 4.78 is 5.63. The Labute approximate surface area is 126 Å². The zero-order valence-corrected chi connectivity index (χ0v) is 13.5. The molecule has 4 nitrogen and oxygen atoms in total. The molecule has 0 bridgehead atoms. The highest BCUT2D eigenvalue weighted by molar-refractivity contribution is 6.30. The zero-order valence-electron chi connectivity index (χ0n) is 12.7. The highest BCUT2D eigenvalue weighted by Gasteiger charge is 2.25. The van der Waals surface area contributed by atoms with Gasteiger partial charge < -0.3 is 15.0 Å². The molecular weight excluding hydrogens is 276 g/mol. The number of ether oxygens (including phenoxy) is 1. The molecule has 2 amide bonds. The molecule has 0 heterocycles. The van der Waals surface area contributed by atoms with Crippen LogP contribution >= 0.6 is 11.6 Å². The van der Waals surface area contributed by atoms with Gasteiger partial charge in [0.05, 0.1) is 0 Å². The Kier molecular flexibility index (Phi) is 5.69. The number of amides is 2. The number of nitrogens with zero attached hydrogens (tertiary/aromatic N) is 1. The molecule has 112 valence electrons. The Morgan fingerprint density at radius 3 is 2.35 bits per heavy atom. The Morgan fingerprint density at radius 2 is 1.90 bits per heavy atom. The van der Waals surface area contributed by atoms with E-state index in [0.29, 0.717) is 17.3 Å². The van der Waals surface area contributed by atoms with Crippen LogP contribution in [0.15, 0.2) is 24.3 Å². The van der Waals surface area contributed by atoms with Crippen molar-refractivity contribution in [3.8, 4) is 5.75 Å². The van der Waals surface area contributed by atoms with E-state index < -0.39 is 6.23 Å². The van der Waals surface area contributed by atoms with Crippen LogP contribution in [0.3, 0.4) is 0 Å². The van der Waals surface area contributed by atoms with Crippen molar-refractivity contribution < 1.29 is 9.53 Å². The van der Waals surface area contributed by atoms with E-state index in [4.69, 9.17) is 16.3 Å². The SMILES string of the molecule is CCN(C(=O)NC(C)Oc1ccc(Cl)cc1)C(C)(C)C. The van der Waals surface area contributed by atoms with Gasteiger partial charge in [0.1, 0.15) is 5.75 Å². The average molecular weight is 299 g/mol. The van der Waals surface area contributed by atoms with Gasteiger partial charge in [-0.1, -0.05) is 11.6 Å². The molecule has 0 spiro atoms. The van der Waals surface area contributed by atoms with Crippen molar-refractivity contribution in [3.63, 3.8) is 0 Å². The van der Waals surface area contributed by atoms with Gasteiger partial charge in [0.15, 0.2) is 6.23 Å². The van der Waals surface area contributed by atoms with Crippen molar-refractivity contribution in [2.75, 3.05) is 6.54 Å². The molecule has 0 saturated carbocycles. The summed E-state index contributed by atoms with van der Waals surface area (Å²) in [6.45, 7) is 10.4. The molecule has 0 aliphatic carbocycles. The summed E-state index contributed by atoms with van der Waals surface area (Å²) in [7, 11) is 0. The van der Waals surface area contributed by atoms with Gasteiger partial charge in [-0.3, -0.25) is 0 Å². The van der Waals surface area contributed by atoms with Gasteiger partial charge in [-0.2, -0.15) is 0 Å². The number of hydrogen-bond donors (Lipinski definition) is 1. The molecule has 1 rings (SSSR count). The van der Waals surface area contributed by atoms with Gasteiger partial charge >= 0.3 is 6.03 Å². The lowest BCUT2D eigenvalue weighted by atomic mass is 10.1. The van der Waals surface area contributed by atoms with Crippen LogP contribution in [0.1, 0.15) is 34.6 Å². The molecule has 0 saturated heterocycles. The Bertz CT molecular complexity index is 440. The lowest BCUT2D eigenvalue weighted by Crippen LogP contribution is -2.53. The molecule has 20 heavy (non-hydrogen) atoms. The maximum atomic E-state index is 12.2. The number of carbonyl (C=O) groups is 1. The summed E-state index contributed by atoms with van der Waals surface area (Å²) in [5.41, 5.74) is -0.223. The van der Waals surface area contributed by atoms with Crippen LogP contribution in [-0.4, -0.2) is 29.2 Å². The summed E-state index contributed by atoms with van der Waals surface area (Å²) >= 11 is 5.81. The number of nitrogens with one attached hydrogen (secondary N) is 1. The number of rotatable bonds is 4. The number of urea groups is 1. The minimum atomic E-state index is -0.417. The molecule has 0 aromatic heterocycles. The number of benzene rings is 1. The smallest absolute Gasteiger partial charge is 0.320 e. The van der Waals surface area contributed by atoms with E-state index in [2.05, 4.69) is 5.32 Å². The molecule has 0 aliphatic rings. The second-order valence-electron chi connectivity index (χ2n) is 5.58. The molecule has 0 radical (unpaired) electrons. The highest BCUT2D eigenvalue weighted by Crippen LogP contribution is 2.17. The monoisotopic (exact) mass is 298 g/mol. The predicted molar refractivity (Wildman–Crippen MR) is 82.2 cm³/mol. The first-order chi connectivity index (χ1) is 9.24. The highest BCUT2D eigenvalue weighted by atomic mass is 35.5. The first-order valence-corrected chi connectivity index (χ1v) is 7.12. The standard InChI is InChI=1S/C15H23ClN2O2/c1-6-18(15(3,4)5)14(19)17-11(2)20-13-9-7-12(16)8-10-13/h7-11H,6H2,1-5H3,(H,17,19). The van der Waals surface area contributed by atoms with Crippen LogP contribution in [0.4, 0.5) is 4.79 Å². The minimum Gasteiger partial charge on any atom is -0.471 e. The van der Waals surface area contributed by atoms with E-state index in [1.807, 2.05) is 27.7 Å². The Hall–Kier alpha value is -1.42. The van der Waals surface area contributed by atoms with Crippen LogP contribution in [-0.2, 0) is 0 Å². The van der Waals surface area contributed by atoms with E-state index in [1.54, 1.807) is 36.1 Å². The zero-order chi connectivity index (χ0) is 15.3. The summed E-state index contributed by atoms with van der Waals surface area (Å²) in [5, 5.41) is 3.48. The van der Waals surface area contributed by atoms with Crippen molar-refractivity contribution in [1.82, 2.24) is 10.2 Å². The van der Waals surface area contributed by atoms with Gasteiger partial charge in [0.25, 0.3) is 0 Å². The van der Waals surface area contributed by atoms with Crippen molar-refractivity contribution >= 4 is 17.6 Å². The molecule has 5 heteroatoms. The normalized spacial score (nSPS) is 12.7. The van der Waals surface area contributed by atoms with Crippen molar-refractivity contribution in [1.29, 1.82) is 0 Å². The lowest BCUT2D eigenvalue weighted by Gasteiger charge is -2.35. The Balaban J connectivity index is 2.59. The van der Waals surface area contributed by atoms with Gasteiger partial charge in [-0.25, -0.2) is 4.79 Å². The van der Waals surface area contributed by atoms with Crippen LogP contribution in [0.5, 0.6) is 5.75 Å². The third-order valence-electron chi connectivity index (χ3n) is 2.82. The van der Waals surface area contributed by atoms with Crippen LogP contribution in [0.25, 0.3) is 0 Å². The van der Waals surface area contributed by atoms with Gasteiger partial charge in [-0.15, -0.1) is 0 Å². The van der Waals surface area contributed by atoms with Gasteiger partial charge in [0.2, 0.25) is 0 Å². The second kappa shape index (κ2) is 6.84. The van der Waals surface area contributed by atoms with Crippen LogP contribution in [0.2, 0.25) is 5.02 Å². The first kappa shape index (κ1) is 16.6. The third kappa shape index (κ3) is 4.93. The molecule has 0 aliphatic heterocycles. The van der Waals surface area contributed by atoms with E-state index in [-0.39, 0.29) is 11.6 Å².